The van der Waals surface area contributed by atoms with E-state index in [2.05, 4.69) is 71.9 Å². The molecule has 50 heavy (non-hydrogen) atoms. The molecule has 284 valence electrons. The molecule has 7 nitrogen and oxygen atoms in total. The molecule has 0 saturated carbocycles. The average molecular weight is 697 g/mol. The summed E-state index contributed by atoms with van der Waals surface area (Å²) < 4.78 is 20.3. The number of carbonyl (C=O) groups excluding carboxylic acids is 2. The summed E-state index contributed by atoms with van der Waals surface area (Å²) in [6.45, 7) is 4.38. The number of hydrogen-bond donors (Lipinski definition) is 0. The van der Waals surface area contributed by atoms with Crippen LogP contribution in [0.1, 0.15) is 168 Å². The van der Waals surface area contributed by atoms with Gasteiger partial charge in [0, 0.05) is 12.8 Å². The van der Waals surface area contributed by atoms with Crippen molar-refractivity contribution in [3.63, 3.8) is 0 Å². The van der Waals surface area contributed by atoms with Gasteiger partial charge in [-0.25, -0.2) is 0 Å². The normalized spacial score (nSPS) is 19.3. The molecule has 4 unspecified atom stereocenters. The molecule has 2 aliphatic heterocycles. The molecule has 2 fully saturated rings. The molecule has 8 heteroatoms. The van der Waals surface area contributed by atoms with Crippen molar-refractivity contribution in [2.24, 2.45) is 0 Å². The number of methoxy groups -OCH3 is 2. The van der Waals surface area contributed by atoms with Gasteiger partial charge in [-0.2, -0.15) is 0 Å². The van der Waals surface area contributed by atoms with E-state index in [0.717, 1.165) is 64.2 Å². The Kier molecular flexibility index (Phi) is 37.5. The summed E-state index contributed by atoms with van der Waals surface area (Å²) in [5.41, 5.74) is 0. The molecule has 0 aromatic rings. The zero-order chi connectivity index (χ0) is 34.9. The van der Waals surface area contributed by atoms with E-state index in [-0.39, 0.29) is 36.3 Å². The molecule has 0 aromatic carbocycles. The number of hydrogen-bond acceptors (Lipinski definition) is 7. The fraction of sp³-hybridized carbons (Fsp3) is 0.762. The van der Waals surface area contributed by atoms with E-state index in [1.165, 1.54) is 91.3 Å². The molecule has 4 atom stereocenters. The first-order valence-electron chi connectivity index (χ1n) is 19.6. The van der Waals surface area contributed by atoms with Crippen LogP contribution >= 0.6 is 0 Å². The summed E-state index contributed by atoms with van der Waals surface area (Å²) in [6, 6.07) is 0. The third-order valence-electron chi connectivity index (χ3n) is 9.03. The Balaban J connectivity index is 0. The second kappa shape index (κ2) is 37.1. The monoisotopic (exact) mass is 697 g/mol. The molecule has 0 spiro atoms. The first kappa shape index (κ1) is 50.5. The van der Waals surface area contributed by atoms with Crippen LogP contribution in [-0.4, -0.2) is 56.1 Å². The van der Waals surface area contributed by atoms with Gasteiger partial charge in [-0.05, 0) is 116 Å². The van der Waals surface area contributed by atoms with Crippen molar-refractivity contribution in [1.29, 1.82) is 0 Å². The molecule has 2 saturated heterocycles. The van der Waals surface area contributed by atoms with Crippen LogP contribution in [0.15, 0.2) is 48.6 Å². The average Bonchev–Trinajstić information content (AvgIpc) is 4.04. The molecule has 0 aromatic heterocycles. The van der Waals surface area contributed by atoms with Crippen molar-refractivity contribution in [3.8, 4) is 0 Å². The minimum atomic E-state index is -0.0873. The number of allylic oxidation sites excluding steroid dienone is 6. The maximum absolute atomic E-state index is 10.9. The molecule has 0 aliphatic carbocycles. The first-order valence-corrected chi connectivity index (χ1v) is 19.6. The Morgan fingerprint density at radius 1 is 0.460 bits per heavy atom. The summed E-state index contributed by atoms with van der Waals surface area (Å²) in [7, 11) is 2.91. The van der Waals surface area contributed by atoms with Crippen LogP contribution in [0.5, 0.6) is 0 Å². The number of rotatable bonds is 30. The molecule has 0 amide bonds. The van der Waals surface area contributed by atoms with E-state index < -0.39 is 0 Å². The largest absolute Gasteiger partial charge is 1.00 e. The summed E-state index contributed by atoms with van der Waals surface area (Å²) in [5.74, 6) is -0.175. The van der Waals surface area contributed by atoms with Gasteiger partial charge in [-0.1, -0.05) is 88.1 Å². The number of esters is 2. The molecule has 2 heterocycles. The van der Waals surface area contributed by atoms with Crippen molar-refractivity contribution in [2.75, 3.05) is 14.2 Å². The minimum absolute atomic E-state index is 0. The van der Waals surface area contributed by atoms with Gasteiger partial charge >= 0.3 is 30.8 Å². The second-order valence-electron chi connectivity index (χ2n) is 13.2. The number of epoxide rings is 2. The summed E-state index contributed by atoms with van der Waals surface area (Å²) in [4.78, 5) is 21.9. The van der Waals surface area contributed by atoms with Gasteiger partial charge in [-0.3, -0.25) is 9.59 Å². The SMILES string of the molecule is CCC1OC1C/C=C\CCCC/C=C\CCCCCCC(=O)OC.CCC1OC1C/C=C\CCCC/C=C\CCCCCCC(=O)OC.[Li+].[OH-]. The predicted molar refractivity (Wildman–Crippen MR) is 202 cm³/mol. The number of unbranched alkanes of at least 4 members (excludes halogenated alkanes) is 14. The van der Waals surface area contributed by atoms with E-state index in [1.54, 1.807) is 0 Å². The van der Waals surface area contributed by atoms with Gasteiger partial charge in [0.2, 0.25) is 0 Å². The van der Waals surface area contributed by atoms with Crippen molar-refractivity contribution in [2.45, 2.75) is 192 Å². The predicted octanol–water partition coefficient (Wildman–Crippen LogP) is 8.31. The Bertz CT molecular complexity index is 829. The summed E-state index contributed by atoms with van der Waals surface area (Å²) in [6.07, 6.45) is 47.4. The van der Waals surface area contributed by atoms with Crippen molar-refractivity contribution >= 4 is 11.9 Å². The fourth-order valence-corrected chi connectivity index (χ4v) is 5.68. The molecular formula is C42H73LiO7. The minimum Gasteiger partial charge on any atom is -0.870 e. The van der Waals surface area contributed by atoms with Gasteiger partial charge in [0.05, 0.1) is 38.6 Å². The Labute approximate surface area is 318 Å². The maximum atomic E-state index is 10.9. The van der Waals surface area contributed by atoms with E-state index in [1.807, 2.05) is 0 Å². The molecule has 0 radical (unpaired) electrons. The van der Waals surface area contributed by atoms with Crippen molar-refractivity contribution in [3.05, 3.63) is 48.6 Å². The van der Waals surface area contributed by atoms with Crippen LogP contribution in [0.2, 0.25) is 0 Å². The summed E-state index contributed by atoms with van der Waals surface area (Å²) >= 11 is 0. The third-order valence-corrected chi connectivity index (χ3v) is 9.03. The topological polar surface area (TPSA) is 108 Å². The fourth-order valence-electron chi connectivity index (χ4n) is 5.68. The Morgan fingerprint density at radius 2 is 0.740 bits per heavy atom. The molecule has 2 aliphatic rings. The Morgan fingerprint density at radius 3 is 1.02 bits per heavy atom. The number of ether oxygens (including phenoxy) is 4. The van der Waals surface area contributed by atoms with Crippen LogP contribution < -0.4 is 18.9 Å². The first-order chi connectivity index (χ1) is 23.5. The van der Waals surface area contributed by atoms with Crippen LogP contribution in [0.25, 0.3) is 0 Å². The standard InChI is InChI=1S/2C21H36O3.Li.H2O/c2*1-3-19-20(24-19)17-15-13-11-9-7-5-4-6-8-10-12-14-16-18-21(22)23-2;;/h2*4,6,13,15,19-20H,3,5,7-12,14,16-18H2,1-2H3;;1H2/q;;+1;/p-1/b2*6-4-,15-13-;;. The molecule has 2 rings (SSSR count). The van der Waals surface area contributed by atoms with Crippen molar-refractivity contribution < 1.29 is 52.9 Å². The van der Waals surface area contributed by atoms with Gasteiger partial charge in [0.1, 0.15) is 0 Å². The van der Waals surface area contributed by atoms with E-state index in [4.69, 9.17) is 9.47 Å². The molecular weight excluding hydrogens is 623 g/mol. The number of carbonyl (C=O) groups is 2. The second-order valence-corrected chi connectivity index (χ2v) is 13.2. The van der Waals surface area contributed by atoms with E-state index in [0.29, 0.717) is 37.3 Å². The van der Waals surface area contributed by atoms with Gasteiger partial charge in [-0.15, -0.1) is 0 Å². The van der Waals surface area contributed by atoms with Crippen LogP contribution in [0, 0.1) is 0 Å². The van der Waals surface area contributed by atoms with Gasteiger partial charge in [0.25, 0.3) is 0 Å². The zero-order valence-corrected chi connectivity index (χ0v) is 32.8. The van der Waals surface area contributed by atoms with Gasteiger partial charge < -0.3 is 24.4 Å². The van der Waals surface area contributed by atoms with E-state index >= 15 is 0 Å². The smallest absolute Gasteiger partial charge is 0.870 e. The van der Waals surface area contributed by atoms with Crippen LogP contribution in [0.3, 0.4) is 0 Å². The van der Waals surface area contributed by atoms with Gasteiger partial charge in [0.15, 0.2) is 0 Å². The third kappa shape index (κ3) is 32.3. The van der Waals surface area contributed by atoms with Crippen LogP contribution in [0.4, 0.5) is 0 Å². The molecule has 0 bridgehead atoms. The van der Waals surface area contributed by atoms with Crippen molar-refractivity contribution in [1.82, 2.24) is 0 Å². The molecule has 1 N–H and O–H groups in total. The zero-order valence-electron chi connectivity index (χ0n) is 32.8. The Hall–Kier alpha value is -1.62. The quantitative estimate of drug-likeness (QED) is 0.0244. The summed E-state index contributed by atoms with van der Waals surface area (Å²) in [5, 5.41) is 0. The van der Waals surface area contributed by atoms with Crippen LogP contribution in [-0.2, 0) is 28.5 Å². The maximum Gasteiger partial charge on any atom is 1.00 e. The van der Waals surface area contributed by atoms with E-state index in [9.17, 15) is 9.59 Å².